The van der Waals surface area contributed by atoms with Gasteiger partial charge in [-0.2, -0.15) is 4.37 Å². The predicted molar refractivity (Wildman–Crippen MR) is 72.7 cm³/mol. The summed E-state index contributed by atoms with van der Waals surface area (Å²) in [4.78, 5) is 6.38. The third-order valence-corrected chi connectivity index (χ3v) is 4.27. The molecular formula is C10H14N4OS2. The highest BCUT2D eigenvalue weighted by molar-refractivity contribution is 7.15. The van der Waals surface area contributed by atoms with Gasteiger partial charge in [0.25, 0.3) is 0 Å². The van der Waals surface area contributed by atoms with Crippen molar-refractivity contribution in [1.29, 1.82) is 0 Å². The van der Waals surface area contributed by atoms with E-state index < -0.39 is 0 Å². The zero-order valence-corrected chi connectivity index (χ0v) is 11.3. The molecule has 0 aliphatic rings. The van der Waals surface area contributed by atoms with Crippen molar-refractivity contribution in [2.24, 2.45) is 0 Å². The van der Waals surface area contributed by atoms with Crippen LogP contribution in [-0.2, 0) is 0 Å². The maximum atomic E-state index is 8.97. The Kier molecular flexibility index (Phi) is 3.60. The normalized spacial score (nSPS) is 10.8. The molecule has 0 unspecified atom stereocenters. The van der Waals surface area contributed by atoms with E-state index in [1.54, 1.807) is 11.3 Å². The highest BCUT2D eigenvalue weighted by Crippen LogP contribution is 2.39. The van der Waals surface area contributed by atoms with Crippen molar-refractivity contribution in [1.82, 2.24) is 9.36 Å². The first-order valence-corrected chi connectivity index (χ1v) is 6.78. The zero-order valence-electron chi connectivity index (χ0n) is 9.67. The molecule has 0 aliphatic heterocycles. The van der Waals surface area contributed by atoms with E-state index in [9.17, 15) is 0 Å². The van der Waals surface area contributed by atoms with Crippen LogP contribution in [0, 0.1) is 6.92 Å². The van der Waals surface area contributed by atoms with Crippen LogP contribution in [0.25, 0.3) is 10.6 Å². The first-order chi connectivity index (χ1) is 8.13. The molecule has 3 N–H and O–H groups in total. The molecule has 7 heteroatoms. The Morgan fingerprint density at radius 3 is 2.88 bits per heavy atom. The number of anilines is 2. The summed E-state index contributed by atoms with van der Waals surface area (Å²) in [5, 5.41) is 12.8. The second-order valence-electron chi connectivity index (χ2n) is 3.69. The maximum Gasteiger partial charge on any atom is 0.149 e. The van der Waals surface area contributed by atoms with Gasteiger partial charge < -0.3 is 15.7 Å². The van der Waals surface area contributed by atoms with Crippen molar-refractivity contribution >= 4 is 33.7 Å². The van der Waals surface area contributed by atoms with Crippen LogP contribution in [0.2, 0.25) is 0 Å². The minimum Gasteiger partial charge on any atom is -0.395 e. The van der Waals surface area contributed by atoms with Crippen LogP contribution in [0.4, 0.5) is 10.8 Å². The number of nitrogens with zero attached hydrogens (tertiary/aromatic N) is 3. The molecule has 0 amide bonds. The topological polar surface area (TPSA) is 75.3 Å². The summed E-state index contributed by atoms with van der Waals surface area (Å²) in [6.07, 6.45) is 0. The molecule has 0 bridgehead atoms. The second-order valence-corrected chi connectivity index (χ2v) is 5.30. The lowest BCUT2D eigenvalue weighted by Gasteiger charge is -2.16. The van der Waals surface area contributed by atoms with Crippen molar-refractivity contribution in [3.63, 3.8) is 0 Å². The van der Waals surface area contributed by atoms with E-state index in [1.807, 2.05) is 24.3 Å². The Morgan fingerprint density at radius 2 is 2.29 bits per heavy atom. The van der Waals surface area contributed by atoms with Crippen LogP contribution < -0.4 is 10.6 Å². The molecule has 2 aromatic rings. The highest BCUT2D eigenvalue weighted by Gasteiger charge is 2.19. The van der Waals surface area contributed by atoms with Crippen LogP contribution in [0.15, 0.2) is 5.38 Å². The molecule has 5 nitrogen and oxygen atoms in total. The molecule has 0 saturated heterocycles. The van der Waals surface area contributed by atoms with Crippen LogP contribution in [0.3, 0.4) is 0 Å². The molecule has 2 heterocycles. The molecule has 0 radical (unpaired) electrons. The number of hydrogen-bond donors (Lipinski definition) is 2. The summed E-state index contributed by atoms with van der Waals surface area (Å²) in [5.74, 6) is 0.504. The minimum absolute atomic E-state index is 0.102. The van der Waals surface area contributed by atoms with Crippen LogP contribution in [0.1, 0.15) is 5.69 Å². The van der Waals surface area contributed by atoms with Gasteiger partial charge in [0.05, 0.1) is 12.2 Å². The molecular weight excluding hydrogens is 256 g/mol. The first-order valence-electron chi connectivity index (χ1n) is 5.13. The van der Waals surface area contributed by atoms with Crippen LogP contribution in [-0.4, -0.2) is 34.7 Å². The molecule has 17 heavy (non-hydrogen) atoms. The number of thiazole rings is 1. The molecule has 0 fully saturated rings. The molecule has 92 valence electrons. The van der Waals surface area contributed by atoms with Crippen molar-refractivity contribution in [3.05, 3.63) is 11.1 Å². The monoisotopic (exact) mass is 270 g/mol. The van der Waals surface area contributed by atoms with Gasteiger partial charge in [0, 0.05) is 24.7 Å². The summed E-state index contributed by atoms with van der Waals surface area (Å²) >= 11 is 2.89. The summed E-state index contributed by atoms with van der Waals surface area (Å²) in [7, 11) is 1.91. The lowest BCUT2D eigenvalue weighted by atomic mass is 10.3. The number of nitrogens with two attached hydrogens (primary N) is 1. The van der Waals surface area contributed by atoms with E-state index in [4.69, 9.17) is 10.8 Å². The van der Waals surface area contributed by atoms with E-state index >= 15 is 0 Å². The largest absolute Gasteiger partial charge is 0.395 e. The standard InChI is InChI=1S/C10H14N4OS2/c1-6-5-16-9(12-6)7-8(11)13-17-10(7)14(2)3-4-15/h5,15H,3-4H2,1-2H3,(H2,11,13). The van der Waals surface area contributed by atoms with Crippen molar-refractivity contribution in [2.75, 3.05) is 30.8 Å². The smallest absolute Gasteiger partial charge is 0.149 e. The number of hydrogen-bond acceptors (Lipinski definition) is 7. The van der Waals surface area contributed by atoms with Gasteiger partial charge in [-0.05, 0) is 18.5 Å². The Hall–Kier alpha value is -1.18. The number of aromatic nitrogens is 2. The van der Waals surface area contributed by atoms with Crippen molar-refractivity contribution in [3.8, 4) is 10.6 Å². The van der Waals surface area contributed by atoms with Crippen molar-refractivity contribution in [2.45, 2.75) is 6.92 Å². The number of aliphatic hydroxyl groups excluding tert-OH is 1. The van der Waals surface area contributed by atoms with E-state index in [-0.39, 0.29) is 6.61 Å². The first kappa shape index (κ1) is 12.3. The fraction of sp³-hybridized carbons (Fsp3) is 0.400. The Balaban J connectivity index is 2.42. The van der Waals surface area contributed by atoms with E-state index in [0.717, 1.165) is 21.3 Å². The number of rotatable bonds is 4. The van der Waals surface area contributed by atoms with E-state index in [2.05, 4.69) is 9.36 Å². The zero-order chi connectivity index (χ0) is 12.4. The van der Waals surface area contributed by atoms with Gasteiger partial charge in [0.15, 0.2) is 0 Å². The third-order valence-electron chi connectivity index (χ3n) is 2.32. The fourth-order valence-corrected chi connectivity index (χ4v) is 3.19. The molecule has 0 atom stereocenters. The molecule has 0 aromatic carbocycles. The Morgan fingerprint density at radius 1 is 1.53 bits per heavy atom. The van der Waals surface area contributed by atoms with Gasteiger partial charge in [-0.25, -0.2) is 4.98 Å². The Bertz CT molecular complexity index is 508. The van der Waals surface area contributed by atoms with Gasteiger partial charge >= 0.3 is 0 Å². The molecule has 2 rings (SSSR count). The van der Waals surface area contributed by atoms with Gasteiger partial charge in [0.2, 0.25) is 0 Å². The third kappa shape index (κ3) is 2.41. The van der Waals surface area contributed by atoms with Gasteiger partial charge in [-0.15, -0.1) is 11.3 Å². The molecule has 0 aliphatic carbocycles. The SMILES string of the molecule is Cc1csc(-c2c(N)nsc2N(C)CCO)n1. The summed E-state index contributed by atoms with van der Waals surface area (Å²) in [6, 6.07) is 0. The van der Waals surface area contributed by atoms with Gasteiger partial charge in [-0.1, -0.05) is 0 Å². The summed E-state index contributed by atoms with van der Waals surface area (Å²) < 4.78 is 4.17. The molecule has 0 spiro atoms. The van der Waals surface area contributed by atoms with Gasteiger partial charge in [-0.3, -0.25) is 0 Å². The van der Waals surface area contributed by atoms with E-state index in [0.29, 0.717) is 12.4 Å². The molecule has 0 saturated carbocycles. The molecule has 2 aromatic heterocycles. The number of aliphatic hydroxyl groups is 1. The van der Waals surface area contributed by atoms with Crippen LogP contribution >= 0.6 is 22.9 Å². The number of nitrogen functional groups attached to an aromatic ring is 1. The predicted octanol–water partition coefficient (Wildman–Crippen LogP) is 1.59. The van der Waals surface area contributed by atoms with Crippen molar-refractivity contribution < 1.29 is 5.11 Å². The van der Waals surface area contributed by atoms with Crippen LogP contribution in [0.5, 0.6) is 0 Å². The average molecular weight is 270 g/mol. The summed E-state index contributed by atoms with van der Waals surface area (Å²) in [5.41, 5.74) is 7.75. The number of aryl methyl sites for hydroxylation is 1. The average Bonchev–Trinajstić information content (AvgIpc) is 2.85. The van der Waals surface area contributed by atoms with E-state index in [1.165, 1.54) is 11.5 Å². The quantitative estimate of drug-likeness (QED) is 0.882. The minimum atomic E-state index is 0.102. The Labute approximate surface area is 108 Å². The maximum absolute atomic E-state index is 8.97. The number of likely N-dealkylation sites (N-methyl/N-ethyl adjacent to an activating group) is 1. The second kappa shape index (κ2) is 4.99. The lowest BCUT2D eigenvalue weighted by Crippen LogP contribution is -2.20. The fourth-order valence-electron chi connectivity index (χ4n) is 1.48. The van der Waals surface area contributed by atoms with Gasteiger partial charge in [0.1, 0.15) is 15.8 Å². The highest BCUT2D eigenvalue weighted by atomic mass is 32.1. The summed E-state index contributed by atoms with van der Waals surface area (Å²) in [6.45, 7) is 2.61. The lowest BCUT2D eigenvalue weighted by molar-refractivity contribution is 0.304.